The van der Waals surface area contributed by atoms with Crippen molar-refractivity contribution in [2.24, 2.45) is 0 Å². The number of hydrogen-bond donors (Lipinski definition) is 3. The van der Waals surface area contributed by atoms with Crippen LogP contribution in [-0.4, -0.2) is 13.5 Å². The van der Waals surface area contributed by atoms with Gasteiger partial charge in [0.05, 0.1) is 4.90 Å². The largest absolute Gasteiger partial charge is 0.507 e. The summed E-state index contributed by atoms with van der Waals surface area (Å²) in [5.74, 6) is -0.332. The van der Waals surface area contributed by atoms with Crippen molar-refractivity contribution >= 4 is 21.2 Å². The van der Waals surface area contributed by atoms with Crippen molar-refractivity contribution in [2.75, 3.05) is 11.5 Å². The van der Waals surface area contributed by atoms with Crippen LogP contribution >= 0.6 is 0 Å². The minimum absolute atomic E-state index is 0.0533. The molecule has 0 fully saturated rings. The van der Waals surface area contributed by atoms with Crippen LogP contribution in [0.25, 0.3) is 0 Å². The molecule has 0 aliphatic heterocycles. The van der Waals surface area contributed by atoms with E-state index in [4.69, 9.17) is 11.5 Å². The molecule has 0 aliphatic carbocycles. The lowest BCUT2D eigenvalue weighted by Gasteiger charge is -2.07. The van der Waals surface area contributed by atoms with Gasteiger partial charge in [-0.25, -0.2) is 8.42 Å². The van der Waals surface area contributed by atoms with Gasteiger partial charge in [0.15, 0.2) is 0 Å². The molecule has 0 atom stereocenters. The van der Waals surface area contributed by atoms with Crippen LogP contribution in [0.5, 0.6) is 5.75 Å². The van der Waals surface area contributed by atoms with Crippen LogP contribution in [0.4, 0.5) is 11.4 Å². The van der Waals surface area contributed by atoms with Crippen LogP contribution in [0.1, 0.15) is 0 Å². The van der Waals surface area contributed by atoms with E-state index in [9.17, 15) is 13.5 Å². The molecule has 2 aromatic rings. The van der Waals surface area contributed by atoms with Gasteiger partial charge in [-0.1, -0.05) is 0 Å². The quantitative estimate of drug-likeness (QED) is 0.561. The zero-order valence-corrected chi connectivity index (χ0v) is 10.2. The first kappa shape index (κ1) is 12.3. The van der Waals surface area contributed by atoms with Gasteiger partial charge in [0.2, 0.25) is 9.84 Å². The molecule has 0 saturated heterocycles. The Balaban J connectivity index is 2.61. The predicted molar refractivity (Wildman–Crippen MR) is 68.8 cm³/mol. The average Bonchev–Trinajstić information content (AvgIpc) is 2.32. The molecule has 5 N–H and O–H groups in total. The predicted octanol–water partition coefficient (Wildman–Crippen LogP) is 1.39. The molecule has 2 aromatic carbocycles. The number of nitrogen functional groups attached to an aromatic ring is 2. The van der Waals surface area contributed by atoms with Gasteiger partial charge in [0.25, 0.3) is 0 Å². The topological polar surface area (TPSA) is 106 Å². The lowest BCUT2D eigenvalue weighted by molar-refractivity contribution is 0.459. The standard InChI is InChI=1S/C12H12N2O3S/c13-8-1-4-10(5-2-8)18(16,17)12-7-9(14)3-6-11(12)15/h1-7,15H,13-14H2. The Morgan fingerprint density at radius 1 is 0.889 bits per heavy atom. The van der Waals surface area contributed by atoms with Crippen molar-refractivity contribution in [3.8, 4) is 5.75 Å². The molecule has 0 radical (unpaired) electrons. The summed E-state index contributed by atoms with van der Waals surface area (Å²) in [5.41, 5.74) is 11.8. The number of phenolic OH excluding ortho intramolecular Hbond substituents is 1. The third-order valence-corrected chi connectivity index (χ3v) is 4.26. The fourth-order valence-corrected chi connectivity index (χ4v) is 2.90. The minimum atomic E-state index is -3.79. The minimum Gasteiger partial charge on any atom is -0.507 e. The molecule has 6 heteroatoms. The molecule has 0 spiro atoms. The highest BCUT2D eigenvalue weighted by atomic mass is 32.2. The molecular formula is C12H12N2O3S. The molecule has 0 aliphatic rings. The summed E-state index contributed by atoms with van der Waals surface area (Å²) in [4.78, 5) is -0.162. The summed E-state index contributed by atoms with van der Waals surface area (Å²) in [6.45, 7) is 0. The number of nitrogens with two attached hydrogens (primary N) is 2. The van der Waals surface area contributed by atoms with Crippen LogP contribution in [0, 0.1) is 0 Å². The second-order valence-corrected chi connectivity index (χ2v) is 5.72. The molecule has 0 amide bonds. The zero-order chi connectivity index (χ0) is 13.3. The van der Waals surface area contributed by atoms with Crippen LogP contribution in [0.2, 0.25) is 0 Å². The molecule has 5 nitrogen and oxygen atoms in total. The number of hydrogen-bond acceptors (Lipinski definition) is 5. The Hall–Kier alpha value is -2.21. The first-order valence-corrected chi connectivity index (χ1v) is 6.59. The van der Waals surface area contributed by atoms with Crippen molar-refractivity contribution in [1.82, 2.24) is 0 Å². The van der Waals surface area contributed by atoms with Crippen LogP contribution in [-0.2, 0) is 9.84 Å². The Morgan fingerprint density at radius 3 is 2.06 bits per heavy atom. The Bertz CT molecular complexity index is 679. The summed E-state index contributed by atoms with van der Waals surface area (Å²) < 4.78 is 24.5. The first-order valence-electron chi connectivity index (χ1n) is 5.10. The van der Waals surface area contributed by atoms with E-state index in [2.05, 4.69) is 0 Å². The molecule has 0 bridgehead atoms. The normalized spacial score (nSPS) is 11.3. The van der Waals surface area contributed by atoms with Gasteiger partial charge in [0.1, 0.15) is 10.6 Å². The molecule has 0 unspecified atom stereocenters. The summed E-state index contributed by atoms with van der Waals surface area (Å²) >= 11 is 0. The number of benzene rings is 2. The average molecular weight is 264 g/mol. The van der Waals surface area contributed by atoms with Gasteiger partial charge >= 0.3 is 0 Å². The van der Waals surface area contributed by atoms with Crippen molar-refractivity contribution in [2.45, 2.75) is 9.79 Å². The lowest BCUT2D eigenvalue weighted by Crippen LogP contribution is -2.03. The van der Waals surface area contributed by atoms with Crippen molar-refractivity contribution in [3.05, 3.63) is 42.5 Å². The van der Waals surface area contributed by atoms with Crippen molar-refractivity contribution in [3.63, 3.8) is 0 Å². The van der Waals surface area contributed by atoms with E-state index >= 15 is 0 Å². The second kappa shape index (κ2) is 4.23. The summed E-state index contributed by atoms with van der Waals surface area (Å²) in [5, 5.41) is 9.63. The van der Waals surface area contributed by atoms with E-state index in [0.29, 0.717) is 5.69 Å². The van der Waals surface area contributed by atoms with Crippen LogP contribution in [0.15, 0.2) is 52.3 Å². The number of aromatic hydroxyl groups is 1. The van der Waals surface area contributed by atoms with E-state index in [-0.39, 0.29) is 21.2 Å². The van der Waals surface area contributed by atoms with Crippen molar-refractivity contribution in [1.29, 1.82) is 0 Å². The lowest BCUT2D eigenvalue weighted by atomic mass is 10.3. The van der Waals surface area contributed by atoms with Gasteiger partial charge in [-0.2, -0.15) is 0 Å². The number of anilines is 2. The van der Waals surface area contributed by atoms with E-state index < -0.39 is 9.84 Å². The molecular weight excluding hydrogens is 252 g/mol. The third-order valence-electron chi connectivity index (χ3n) is 2.46. The van der Waals surface area contributed by atoms with E-state index in [1.807, 2.05) is 0 Å². The smallest absolute Gasteiger partial charge is 0.210 e. The maximum absolute atomic E-state index is 12.3. The molecule has 94 valence electrons. The molecule has 0 heterocycles. The second-order valence-electron chi connectivity index (χ2n) is 3.80. The van der Waals surface area contributed by atoms with Gasteiger partial charge in [-0.05, 0) is 42.5 Å². The number of phenols is 1. The molecule has 18 heavy (non-hydrogen) atoms. The SMILES string of the molecule is Nc1ccc(S(=O)(=O)c2cc(N)ccc2O)cc1. The maximum atomic E-state index is 12.3. The zero-order valence-electron chi connectivity index (χ0n) is 9.37. The van der Waals surface area contributed by atoms with Gasteiger partial charge in [0, 0.05) is 11.4 Å². The first-order chi connectivity index (χ1) is 8.41. The molecule has 2 rings (SSSR count). The molecule has 0 saturated carbocycles. The van der Waals surface area contributed by atoms with Gasteiger partial charge in [-0.3, -0.25) is 0 Å². The third kappa shape index (κ3) is 2.10. The Labute approximate surface area is 105 Å². The highest BCUT2D eigenvalue weighted by Gasteiger charge is 2.21. The van der Waals surface area contributed by atoms with Crippen LogP contribution in [0.3, 0.4) is 0 Å². The fourth-order valence-electron chi connectivity index (χ4n) is 1.52. The fraction of sp³-hybridized carbons (Fsp3) is 0. The monoisotopic (exact) mass is 264 g/mol. The van der Waals surface area contributed by atoms with E-state index in [0.717, 1.165) is 0 Å². The van der Waals surface area contributed by atoms with Crippen LogP contribution < -0.4 is 11.5 Å². The van der Waals surface area contributed by atoms with E-state index in [1.165, 1.54) is 42.5 Å². The van der Waals surface area contributed by atoms with E-state index in [1.54, 1.807) is 0 Å². The Kier molecular flexibility index (Phi) is 2.88. The molecule has 0 aromatic heterocycles. The summed E-state index contributed by atoms with van der Waals surface area (Å²) in [6, 6.07) is 9.63. The van der Waals surface area contributed by atoms with Gasteiger partial charge < -0.3 is 16.6 Å². The number of sulfone groups is 1. The Morgan fingerprint density at radius 2 is 1.44 bits per heavy atom. The summed E-state index contributed by atoms with van der Waals surface area (Å²) in [7, 11) is -3.79. The van der Waals surface area contributed by atoms with Gasteiger partial charge in [-0.15, -0.1) is 0 Å². The highest BCUT2D eigenvalue weighted by Crippen LogP contribution is 2.30. The summed E-state index contributed by atoms with van der Waals surface area (Å²) in [6.07, 6.45) is 0. The van der Waals surface area contributed by atoms with Crippen molar-refractivity contribution < 1.29 is 13.5 Å². The number of rotatable bonds is 2. The highest BCUT2D eigenvalue weighted by molar-refractivity contribution is 7.91. The maximum Gasteiger partial charge on any atom is 0.210 e.